The van der Waals surface area contributed by atoms with Crippen LogP contribution in [0.2, 0.25) is 11.1 Å². The van der Waals surface area contributed by atoms with Crippen LogP contribution in [0.1, 0.15) is 27.7 Å². The lowest BCUT2D eigenvalue weighted by molar-refractivity contribution is 0.415. The maximum atomic E-state index is 6.66. The highest BCUT2D eigenvalue weighted by Crippen LogP contribution is 2.53. The fourth-order valence-corrected chi connectivity index (χ4v) is 7.12. The molecule has 118 valence electrons. The molecular weight excluding hydrogens is 300 g/mol. The van der Waals surface area contributed by atoms with E-state index in [0.29, 0.717) is 11.1 Å². The van der Waals surface area contributed by atoms with E-state index >= 15 is 0 Å². The van der Waals surface area contributed by atoms with Gasteiger partial charge in [-0.15, -0.1) is 0 Å². The van der Waals surface area contributed by atoms with Crippen molar-refractivity contribution in [2.24, 2.45) is 0 Å². The SMILES string of the molecule is CC(C)[Si]1(C(C)C)Oc2c(c3ccccc3c3ccccc23)O1. The van der Waals surface area contributed by atoms with E-state index in [1.165, 1.54) is 10.8 Å². The Morgan fingerprint density at radius 2 is 0.957 bits per heavy atom. The van der Waals surface area contributed by atoms with Gasteiger partial charge in [0.15, 0.2) is 11.5 Å². The molecule has 0 fully saturated rings. The van der Waals surface area contributed by atoms with E-state index < -0.39 is 8.56 Å². The van der Waals surface area contributed by atoms with Crippen LogP contribution in [0.25, 0.3) is 21.5 Å². The summed E-state index contributed by atoms with van der Waals surface area (Å²) in [6.45, 7) is 8.90. The third kappa shape index (κ3) is 1.93. The second kappa shape index (κ2) is 5.00. The minimum atomic E-state index is -2.33. The molecule has 1 aliphatic rings. The Kier molecular flexibility index (Phi) is 3.17. The third-order valence-corrected chi connectivity index (χ3v) is 9.24. The van der Waals surface area contributed by atoms with Gasteiger partial charge in [0.2, 0.25) is 0 Å². The third-order valence-electron chi connectivity index (χ3n) is 4.97. The Hall–Kier alpha value is -2.00. The quantitative estimate of drug-likeness (QED) is 0.424. The van der Waals surface area contributed by atoms with Crippen LogP contribution in [0.3, 0.4) is 0 Å². The molecule has 1 aliphatic heterocycles. The lowest BCUT2D eigenvalue weighted by Crippen LogP contribution is -2.50. The van der Waals surface area contributed by atoms with E-state index in [1.54, 1.807) is 0 Å². The summed E-state index contributed by atoms with van der Waals surface area (Å²) in [5.74, 6) is 1.90. The summed E-state index contributed by atoms with van der Waals surface area (Å²) in [7, 11) is -2.33. The summed E-state index contributed by atoms with van der Waals surface area (Å²) < 4.78 is 13.3. The predicted molar refractivity (Wildman–Crippen MR) is 98.7 cm³/mol. The molecule has 4 rings (SSSR count). The minimum absolute atomic E-state index is 0.396. The first-order chi connectivity index (χ1) is 11.0. The molecule has 0 unspecified atom stereocenters. The van der Waals surface area contributed by atoms with Gasteiger partial charge in [0.25, 0.3) is 0 Å². The van der Waals surface area contributed by atoms with Crippen molar-refractivity contribution in [2.75, 3.05) is 0 Å². The van der Waals surface area contributed by atoms with Crippen LogP contribution >= 0.6 is 0 Å². The van der Waals surface area contributed by atoms with Crippen molar-refractivity contribution in [3.63, 3.8) is 0 Å². The molecule has 0 bridgehead atoms. The first-order valence-corrected chi connectivity index (χ1v) is 10.3. The molecule has 0 aromatic heterocycles. The van der Waals surface area contributed by atoms with E-state index in [-0.39, 0.29) is 0 Å². The van der Waals surface area contributed by atoms with Crippen LogP contribution in [0.15, 0.2) is 48.5 Å². The van der Waals surface area contributed by atoms with E-state index in [0.717, 1.165) is 22.3 Å². The monoisotopic (exact) mass is 322 g/mol. The summed E-state index contributed by atoms with van der Waals surface area (Å²) in [5.41, 5.74) is 0.792. The van der Waals surface area contributed by atoms with Crippen molar-refractivity contribution in [1.82, 2.24) is 0 Å². The average Bonchev–Trinajstić information content (AvgIpc) is 2.98. The van der Waals surface area contributed by atoms with Gasteiger partial charge in [-0.3, -0.25) is 0 Å². The highest BCUT2D eigenvalue weighted by atomic mass is 28.4. The summed E-state index contributed by atoms with van der Waals surface area (Å²) in [4.78, 5) is 0. The molecule has 2 nitrogen and oxygen atoms in total. The van der Waals surface area contributed by atoms with E-state index in [1.807, 2.05) is 0 Å². The highest BCUT2D eigenvalue weighted by molar-refractivity contribution is 6.73. The summed E-state index contributed by atoms with van der Waals surface area (Å²) in [6, 6.07) is 17.0. The fourth-order valence-electron chi connectivity index (χ4n) is 3.76. The fraction of sp³-hybridized carbons (Fsp3) is 0.300. The number of fused-ring (bicyclic) bond motifs is 6. The second-order valence-electron chi connectivity index (χ2n) is 6.98. The Morgan fingerprint density at radius 3 is 1.30 bits per heavy atom. The van der Waals surface area contributed by atoms with Crippen molar-refractivity contribution in [3.05, 3.63) is 48.5 Å². The first-order valence-electron chi connectivity index (χ1n) is 8.36. The van der Waals surface area contributed by atoms with Crippen LogP contribution in [0, 0.1) is 0 Å². The van der Waals surface area contributed by atoms with E-state index in [2.05, 4.69) is 76.2 Å². The van der Waals surface area contributed by atoms with E-state index in [4.69, 9.17) is 8.85 Å². The molecule has 0 amide bonds. The van der Waals surface area contributed by atoms with Gasteiger partial charge in [0.05, 0.1) is 0 Å². The molecule has 0 saturated heterocycles. The zero-order chi connectivity index (χ0) is 16.2. The Labute approximate surface area is 138 Å². The van der Waals surface area contributed by atoms with E-state index in [9.17, 15) is 0 Å². The van der Waals surface area contributed by atoms with Gasteiger partial charge < -0.3 is 8.85 Å². The standard InChI is InChI=1S/C20H22O2Si/c1-13(2)23(14(3)4)21-19-17-11-7-5-9-15(17)16-10-6-8-12-18(16)20(19)22-23/h5-14H,1-4H3. The Balaban J connectivity index is 2.09. The van der Waals surface area contributed by atoms with Crippen LogP contribution in [-0.2, 0) is 0 Å². The number of hydrogen-bond acceptors (Lipinski definition) is 2. The Bertz CT molecular complexity index is 824. The lowest BCUT2D eigenvalue weighted by atomic mass is 10.0. The molecule has 0 radical (unpaired) electrons. The molecule has 0 saturated carbocycles. The first kappa shape index (κ1) is 14.6. The van der Waals surface area contributed by atoms with Crippen molar-refractivity contribution in [3.8, 4) is 11.5 Å². The van der Waals surface area contributed by atoms with Crippen molar-refractivity contribution in [2.45, 2.75) is 38.8 Å². The minimum Gasteiger partial charge on any atom is -0.508 e. The maximum Gasteiger partial charge on any atom is 0.466 e. The van der Waals surface area contributed by atoms with Gasteiger partial charge in [-0.1, -0.05) is 76.2 Å². The highest BCUT2D eigenvalue weighted by Gasteiger charge is 2.54. The predicted octanol–water partition coefficient (Wildman–Crippen LogP) is 6.03. The molecule has 3 aromatic rings. The number of benzene rings is 3. The largest absolute Gasteiger partial charge is 0.508 e. The molecular formula is C20H22O2Si. The van der Waals surface area contributed by atoms with Gasteiger partial charge in [0.1, 0.15) is 0 Å². The molecule has 3 aromatic carbocycles. The molecule has 0 atom stereocenters. The van der Waals surface area contributed by atoms with Crippen LogP contribution < -0.4 is 8.85 Å². The molecule has 0 aliphatic carbocycles. The lowest BCUT2D eigenvalue weighted by Gasteiger charge is -2.30. The second-order valence-corrected chi connectivity index (χ2v) is 11.1. The normalized spacial score (nSPS) is 15.9. The maximum absolute atomic E-state index is 6.66. The number of rotatable bonds is 2. The van der Waals surface area contributed by atoms with Gasteiger partial charge >= 0.3 is 8.56 Å². The van der Waals surface area contributed by atoms with Crippen LogP contribution in [0.5, 0.6) is 11.5 Å². The zero-order valence-corrected chi connectivity index (χ0v) is 15.1. The number of hydrogen-bond donors (Lipinski definition) is 0. The molecule has 23 heavy (non-hydrogen) atoms. The van der Waals surface area contributed by atoms with Gasteiger partial charge in [0, 0.05) is 21.9 Å². The Morgan fingerprint density at radius 1 is 0.609 bits per heavy atom. The molecule has 0 N–H and O–H groups in total. The molecule has 3 heteroatoms. The van der Waals surface area contributed by atoms with Crippen molar-refractivity contribution < 1.29 is 8.85 Å². The molecule has 1 heterocycles. The van der Waals surface area contributed by atoms with Crippen molar-refractivity contribution in [1.29, 1.82) is 0 Å². The summed E-state index contributed by atoms with van der Waals surface area (Å²) in [6.07, 6.45) is 0. The van der Waals surface area contributed by atoms with Crippen LogP contribution in [0.4, 0.5) is 0 Å². The summed E-state index contributed by atoms with van der Waals surface area (Å²) in [5, 5.41) is 4.80. The molecule has 0 spiro atoms. The average molecular weight is 322 g/mol. The van der Waals surface area contributed by atoms with Gasteiger partial charge in [-0.25, -0.2) is 0 Å². The van der Waals surface area contributed by atoms with Crippen LogP contribution in [-0.4, -0.2) is 8.56 Å². The van der Waals surface area contributed by atoms with Crippen molar-refractivity contribution >= 4 is 30.1 Å². The topological polar surface area (TPSA) is 18.5 Å². The zero-order valence-electron chi connectivity index (χ0n) is 14.1. The van der Waals surface area contributed by atoms with Gasteiger partial charge in [-0.2, -0.15) is 0 Å². The smallest absolute Gasteiger partial charge is 0.466 e. The summed E-state index contributed by atoms with van der Waals surface area (Å²) >= 11 is 0. The van der Waals surface area contributed by atoms with Gasteiger partial charge in [-0.05, 0) is 10.8 Å².